The number of ether oxygens (including phenoxy) is 1. The first kappa shape index (κ1) is 10.8. The monoisotopic (exact) mass is 192 g/mol. The second kappa shape index (κ2) is 6.19. The van der Waals surface area contributed by atoms with Crippen LogP contribution in [0.4, 0.5) is 0 Å². The van der Waals surface area contributed by atoms with Crippen LogP contribution in [-0.2, 0) is 11.2 Å². The lowest BCUT2D eigenvalue weighted by Crippen LogP contribution is -2.00. The number of hydrogen-bond donors (Lipinski definition) is 0. The molecule has 0 radical (unpaired) electrons. The van der Waals surface area contributed by atoms with Crippen molar-refractivity contribution in [2.75, 3.05) is 6.61 Å². The van der Waals surface area contributed by atoms with Crippen LogP contribution in [0, 0.1) is 0 Å². The van der Waals surface area contributed by atoms with E-state index in [0.29, 0.717) is 6.42 Å². The number of carbonyl (C=O) groups is 1. The maximum Gasteiger partial charge on any atom is 0.124 e. The van der Waals surface area contributed by atoms with Gasteiger partial charge in [0.1, 0.15) is 12.0 Å². The van der Waals surface area contributed by atoms with Gasteiger partial charge in [0, 0.05) is 12.0 Å². The summed E-state index contributed by atoms with van der Waals surface area (Å²) in [4.78, 5) is 10.4. The fourth-order valence-electron chi connectivity index (χ4n) is 1.23. The highest BCUT2D eigenvalue weighted by Crippen LogP contribution is 2.17. The lowest BCUT2D eigenvalue weighted by atomic mass is 10.1. The fourth-order valence-corrected chi connectivity index (χ4v) is 1.23. The quantitative estimate of drug-likeness (QED) is 0.511. The SMILES string of the molecule is CCCCOc1ccccc1CC=O. The normalized spacial score (nSPS) is 9.79. The summed E-state index contributed by atoms with van der Waals surface area (Å²) in [5, 5.41) is 0. The van der Waals surface area contributed by atoms with Gasteiger partial charge in [-0.3, -0.25) is 0 Å². The Morgan fingerprint density at radius 1 is 1.36 bits per heavy atom. The number of rotatable bonds is 6. The van der Waals surface area contributed by atoms with Crippen LogP contribution >= 0.6 is 0 Å². The number of carbonyl (C=O) groups excluding carboxylic acids is 1. The number of aldehydes is 1. The van der Waals surface area contributed by atoms with Crippen LogP contribution in [0.3, 0.4) is 0 Å². The molecule has 0 amide bonds. The van der Waals surface area contributed by atoms with E-state index in [0.717, 1.165) is 37.0 Å². The summed E-state index contributed by atoms with van der Waals surface area (Å²) in [6.07, 6.45) is 3.51. The average Bonchev–Trinajstić information content (AvgIpc) is 2.21. The van der Waals surface area contributed by atoms with Gasteiger partial charge in [-0.15, -0.1) is 0 Å². The molecule has 0 unspecified atom stereocenters. The van der Waals surface area contributed by atoms with Crippen molar-refractivity contribution in [2.24, 2.45) is 0 Å². The van der Waals surface area contributed by atoms with E-state index in [1.54, 1.807) is 0 Å². The highest BCUT2D eigenvalue weighted by atomic mass is 16.5. The van der Waals surface area contributed by atoms with Crippen molar-refractivity contribution >= 4 is 6.29 Å². The minimum Gasteiger partial charge on any atom is -0.493 e. The Balaban J connectivity index is 2.59. The second-order valence-corrected chi connectivity index (χ2v) is 3.18. The zero-order valence-corrected chi connectivity index (χ0v) is 8.53. The van der Waals surface area contributed by atoms with Gasteiger partial charge < -0.3 is 9.53 Å². The maximum absolute atomic E-state index is 10.4. The third-order valence-electron chi connectivity index (χ3n) is 2.03. The second-order valence-electron chi connectivity index (χ2n) is 3.18. The number of hydrogen-bond acceptors (Lipinski definition) is 2. The molecule has 14 heavy (non-hydrogen) atoms. The highest BCUT2D eigenvalue weighted by Gasteiger charge is 2.00. The predicted octanol–water partition coefficient (Wildman–Crippen LogP) is 2.61. The summed E-state index contributed by atoms with van der Waals surface area (Å²) in [5.41, 5.74) is 0.971. The molecule has 0 aliphatic rings. The molecule has 0 heterocycles. The van der Waals surface area contributed by atoms with E-state index in [9.17, 15) is 4.79 Å². The molecule has 0 aromatic heterocycles. The summed E-state index contributed by atoms with van der Waals surface area (Å²) in [5.74, 6) is 0.841. The van der Waals surface area contributed by atoms with Crippen LogP contribution < -0.4 is 4.74 Å². The molecule has 0 bridgehead atoms. The average molecular weight is 192 g/mol. The standard InChI is InChI=1S/C12H16O2/c1-2-3-10-14-12-7-5-4-6-11(12)8-9-13/h4-7,9H,2-3,8,10H2,1H3. The predicted molar refractivity (Wildman–Crippen MR) is 56.6 cm³/mol. The van der Waals surface area contributed by atoms with Gasteiger partial charge in [-0.2, -0.15) is 0 Å². The van der Waals surface area contributed by atoms with Crippen molar-refractivity contribution in [1.82, 2.24) is 0 Å². The van der Waals surface area contributed by atoms with E-state index in [-0.39, 0.29) is 0 Å². The lowest BCUT2D eigenvalue weighted by Gasteiger charge is -2.08. The minimum absolute atomic E-state index is 0.433. The molecule has 0 saturated carbocycles. The number of benzene rings is 1. The van der Waals surface area contributed by atoms with Gasteiger partial charge in [-0.1, -0.05) is 31.5 Å². The smallest absolute Gasteiger partial charge is 0.124 e. The van der Waals surface area contributed by atoms with E-state index in [1.807, 2.05) is 24.3 Å². The first-order valence-electron chi connectivity index (χ1n) is 5.02. The van der Waals surface area contributed by atoms with E-state index in [2.05, 4.69) is 6.92 Å². The summed E-state index contributed by atoms with van der Waals surface area (Å²) in [7, 11) is 0. The summed E-state index contributed by atoms with van der Waals surface area (Å²) in [6, 6.07) is 7.69. The van der Waals surface area contributed by atoms with Gasteiger partial charge >= 0.3 is 0 Å². The number of unbranched alkanes of at least 4 members (excludes halogenated alkanes) is 1. The van der Waals surface area contributed by atoms with Gasteiger partial charge in [0.15, 0.2) is 0 Å². The Hall–Kier alpha value is -1.31. The summed E-state index contributed by atoms with van der Waals surface area (Å²) < 4.78 is 5.57. The molecule has 0 atom stereocenters. The Kier molecular flexibility index (Phi) is 4.76. The molecule has 1 aromatic rings. The zero-order chi connectivity index (χ0) is 10.2. The van der Waals surface area contributed by atoms with Crippen LogP contribution in [0.25, 0.3) is 0 Å². The molecule has 1 rings (SSSR count). The highest BCUT2D eigenvalue weighted by molar-refractivity contribution is 5.57. The van der Waals surface area contributed by atoms with Crippen molar-refractivity contribution in [3.63, 3.8) is 0 Å². The largest absolute Gasteiger partial charge is 0.493 e. The topological polar surface area (TPSA) is 26.3 Å². The lowest BCUT2D eigenvalue weighted by molar-refractivity contribution is -0.107. The molecule has 1 aromatic carbocycles. The minimum atomic E-state index is 0.433. The van der Waals surface area contributed by atoms with E-state index in [4.69, 9.17) is 4.74 Å². The molecule has 0 saturated heterocycles. The summed E-state index contributed by atoms with van der Waals surface area (Å²) >= 11 is 0. The molecule has 0 N–H and O–H groups in total. The van der Waals surface area contributed by atoms with Gasteiger partial charge in [0.25, 0.3) is 0 Å². The molecule has 2 nitrogen and oxygen atoms in total. The molecular weight excluding hydrogens is 176 g/mol. The third kappa shape index (κ3) is 3.21. The maximum atomic E-state index is 10.4. The third-order valence-corrected chi connectivity index (χ3v) is 2.03. The molecule has 2 heteroatoms. The van der Waals surface area contributed by atoms with E-state index >= 15 is 0 Å². The van der Waals surface area contributed by atoms with E-state index < -0.39 is 0 Å². The zero-order valence-electron chi connectivity index (χ0n) is 8.53. The van der Waals surface area contributed by atoms with Gasteiger partial charge in [-0.05, 0) is 12.5 Å². The van der Waals surface area contributed by atoms with Gasteiger partial charge in [0.2, 0.25) is 0 Å². The van der Waals surface area contributed by atoms with Crippen molar-refractivity contribution in [3.05, 3.63) is 29.8 Å². The molecule has 0 spiro atoms. The van der Waals surface area contributed by atoms with Crippen molar-refractivity contribution in [1.29, 1.82) is 0 Å². The van der Waals surface area contributed by atoms with Crippen LogP contribution in [0.1, 0.15) is 25.3 Å². The van der Waals surface area contributed by atoms with Crippen LogP contribution in [-0.4, -0.2) is 12.9 Å². The van der Waals surface area contributed by atoms with Crippen molar-refractivity contribution in [3.8, 4) is 5.75 Å². The summed E-state index contributed by atoms with van der Waals surface area (Å²) in [6.45, 7) is 2.85. The molecule has 76 valence electrons. The Labute approximate surface area is 84.9 Å². The van der Waals surface area contributed by atoms with Crippen LogP contribution in [0.5, 0.6) is 5.75 Å². The van der Waals surface area contributed by atoms with Crippen molar-refractivity contribution < 1.29 is 9.53 Å². The first-order chi connectivity index (χ1) is 6.88. The first-order valence-corrected chi connectivity index (χ1v) is 5.02. The number of para-hydroxylation sites is 1. The van der Waals surface area contributed by atoms with Crippen molar-refractivity contribution in [2.45, 2.75) is 26.2 Å². The van der Waals surface area contributed by atoms with Gasteiger partial charge in [-0.25, -0.2) is 0 Å². The Morgan fingerprint density at radius 2 is 2.14 bits per heavy atom. The van der Waals surface area contributed by atoms with Gasteiger partial charge in [0.05, 0.1) is 6.61 Å². The molecule has 0 fully saturated rings. The van der Waals surface area contributed by atoms with Crippen LogP contribution in [0.15, 0.2) is 24.3 Å². The molecule has 0 aliphatic heterocycles. The van der Waals surface area contributed by atoms with E-state index in [1.165, 1.54) is 0 Å². The van der Waals surface area contributed by atoms with Crippen LogP contribution in [0.2, 0.25) is 0 Å². The Morgan fingerprint density at radius 3 is 2.86 bits per heavy atom. The molecule has 0 aliphatic carbocycles. The fraction of sp³-hybridized carbons (Fsp3) is 0.417. The molecular formula is C12H16O2. The Bertz CT molecular complexity index is 281.